The molecule has 28 heavy (non-hydrogen) atoms. The Hall–Kier alpha value is -2.67. The number of esters is 1. The Balaban J connectivity index is 1.43. The molecule has 0 saturated carbocycles. The predicted octanol–water partition coefficient (Wildman–Crippen LogP) is 3.34. The van der Waals surface area contributed by atoms with E-state index in [1.54, 1.807) is 4.90 Å². The molecule has 1 fully saturated rings. The molecule has 1 aromatic heterocycles. The SMILES string of the molecule is CCc1ccccc1NC(=O)COC(=O)C1CCN(C(=O)c2cccs2)CC1. The molecule has 1 N–H and O–H groups in total. The molecule has 0 unspecified atom stereocenters. The van der Waals surface area contributed by atoms with E-state index < -0.39 is 0 Å². The average Bonchev–Trinajstić information content (AvgIpc) is 3.27. The lowest BCUT2D eigenvalue weighted by molar-refractivity contribution is -0.152. The molecule has 1 saturated heterocycles. The number of nitrogens with zero attached hydrogens (tertiary/aromatic N) is 1. The van der Waals surface area contributed by atoms with Gasteiger partial charge in [-0.3, -0.25) is 14.4 Å². The van der Waals surface area contributed by atoms with Crippen LogP contribution in [0.2, 0.25) is 0 Å². The van der Waals surface area contributed by atoms with Crippen LogP contribution in [0.3, 0.4) is 0 Å². The summed E-state index contributed by atoms with van der Waals surface area (Å²) >= 11 is 1.42. The van der Waals surface area contributed by atoms with Crippen molar-refractivity contribution in [2.24, 2.45) is 5.92 Å². The number of hydrogen-bond donors (Lipinski definition) is 1. The number of amides is 2. The van der Waals surface area contributed by atoms with E-state index in [2.05, 4.69) is 5.32 Å². The zero-order chi connectivity index (χ0) is 19.9. The van der Waals surface area contributed by atoms with E-state index in [0.717, 1.165) is 17.7 Å². The van der Waals surface area contributed by atoms with E-state index in [0.29, 0.717) is 30.8 Å². The van der Waals surface area contributed by atoms with Gasteiger partial charge < -0.3 is 15.0 Å². The van der Waals surface area contributed by atoms with Crippen LogP contribution in [0.4, 0.5) is 5.69 Å². The Bertz CT molecular complexity index is 827. The molecule has 1 aromatic carbocycles. The molecular weight excluding hydrogens is 376 g/mol. The summed E-state index contributed by atoms with van der Waals surface area (Å²) in [5, 5.41) is 4.67. The number of carbonyl (C=O) groups is 3. The van der Waals surface area contributed by atoms with Gasteiger partial charge in [0.15, 0.2) is 6.61 Å². The fourth-order valence-electron chi connectivity index (χ4n) is 3.27. The number of anilines is 1. The second kappa shape index (κ2) is 9.50. The van der Waals surface area contributed by atoms with Crippen molar-refractivity contribution in [1.29, 1.82) is 0 Å². The highest BCUT2D eigenvalue weighted by Crippen LogP contribution is 2.22. The van der Waals surface area contributed by atoms with E-state index in [4.69, 9.17) is 4.74 Å². The molecule has 0 spiro atoms. The van der Waals surface area contributed by atoms with Crippen LogP contribution in [-0.2, 0) is 20.7 Å². The summed E-state index contributed by atoms with van der Waals surface area (Å²) in [7, 11) is 0. The molecule has 3 rings (SSSR count). The molecule has 2 aromatic rings. The molecule has 7 heteroatoms. The van der Waals surface area contributed by atoms with Crippen LogP contribution in [0.15, 0.2) is 41.8 Å². The topological polar surface area (TPSA) is 75.7 Å². The number of piperidine rings is 1. The number of hydrogen-bond acceptors (Lipinski definition) is 5. The van der Waals surface area contributed by atoms with E-state index in [9.17, 15) is 14.4 Å². The largest absolute Gasteiger partial charge is 0.455 e. The van der Waals surface area contributed by atoms with Gasteiger partial charge in [0.25, 0.3) is 11.8 Å². The lowest BCUT2D eigenvalue weighted by Gasteiger charge is -2.30. The number of likely N-dealkylation sites (tertiary alicyclic amines) is 1. The summed E-state index contributed by atoms with van der Waals surface area (Å²) in [5.74, 6) is -0.986. The first kappa shape index (κ1) is 20.1. The van der Waals surface area contributed by atoms with Crippen molar-refractivity contribution in [3.63, 3.8) is 0 Å². The molecule has 1 aliphatic rings. The summed E-state index contributed by atoms with van der Waals surface area (Å²) in [6, 6.07) is 11.2. The molecule has 2 heterocycles. The standard InChI is InChI=1S/C21H24N2O4S/c1-2-15-6-3-4-7-17(15)22-19(24)14-27-21(26)16-9-11-23(12-10-16)20(25)18-8-5-13-28-18/h3-8,13,16H,2,9-12,14H2,1H3,(H,22,24). The van der Waals surface area contributed by atoms with Gasteiger partial charge >= 0.3 is 5.97 Å². The Morgan fingerprint density at radius 2 is 1.89 bits per heavy atom. The number of rotatable bonds is 6. The molecule has 148 valence electrons. The van der Waals surface area contributed by atoms with Crippen molar-refractivity contribution >= 4 is 34.8 Å². The third-order valence-corrected chi connectivity index (χ3v) is 5.72. The lowest BCUT2D eigenvalue weighted by atomic mass is 9.97. The van der Waals surface area contributed by atoms with Gasteiger partial charge in [0.1, 0.15) is 0 Å². The number of thiophene rings is 1. The van der Waals surface area contributed by atoms with Crippen LogP contribution in [0, 0.1) is 5.92 Å². The quantitative estimate of drug-likeness (QED) is 0.755. The van der Waals surface area contributed by atoms with E-state index in [1.807, 2.05) is 48.7 Å². The van der Waals surface area contributed by atoms with Gasteiger partial charge in [0.05, 0.1) is 10.8 Å². The third-order valence-electron chi connectivity index (χ3n) is 4.87. The van der Waals surface area contributed by atoms with Gasteiger partial charge in [0, 0.05) is 18.8 Å². The van der Waals surface area contributed by atoms with E-state index >= 15 is 0 Å². The molecule has 6 nitrogen and oxygen atoms in total. The first-order chi connectivity index (χ1) is 13.6. The predicted molar refractivity (Wildman–Crippen MR) is 108 cm³/mol. The highest BCUT2D eigenvalue weighted by molar-refractivity contribution is 7.12. The molecule has 0 radical (unpaired) electrons. The molecule has 0 bridgehead atoms. The molecular formula is C21H24N2O4S. The highest BCUT2D eigenvalue weighted by atomic mass is 32.1. The fourth-order valence-corrected chi connectivity index (χ4v) is 3.96. The first-order valence-electron chi connectivity index (χ1n) is 9.45. The number of benzene rings is 1. The second-order valence-electron chi connectivity index (χ2n) is 6.71. The number of ether oxygens (including phenoxy) is 1. The van der Waals surface area contributed by atoms with Crippen molar-refractivity contribution in [1.82, 2.24) is 4.90 Å². The van der Waals surface area contributed by atoms with Crippen molar-refractivity contribution in [2.75, 3.05) is 25.0 Å². The average molecular weight is 401 g/mol. The maximum absolute atomic E-state index is 12.3. The van der Waals surface area contributed by atoms with Crippen molar-refractivity contribution < 1.29 is 19.1 Å². The van der Waals surface area contributed by atoms with E-state index in [-0.39, 0.29) is 30.3 Å². The van der Waals surface area contributed by atoms with Gasteiger partial charge in [-0.2, -0.15) is 0 Å². The normalized spacial score (nSPS) is 14.5. The van der Waals surface area contributed by atoms with E-state index in [1.165, 1.54) is 11.3 Å². The monoisotopic (exact) mass is 400 g/mol. The summed E-state index contributed by atoms with van der Waals surface area (Å²) in [6.45, 7) is 2.75. The van der Waals surface area contributed by atoms with Gasteiger partial charge in [-0.1, -0.05) is 31.2 Å². The zero-order valence-electron chi connectivity index (χ0n) is 15.8. The van der Waals surface area contributed by atoms with Crippen molar-refractivity contribution in [3.05, 3.63) is 52.2 Å². The number of aryl methyl sites for hydroxylation is 1. The summed E-state index contributed by atoms with van der Waals surface area (Å²) in [6.07, 6.45) is 1.91. The van der Waals surface area contributed by atoms with Crippen LogP contribution < -0.4 is 5.32 Å². The minimum Gasteiger partial charge on any atom is -0.455 e. The molecule has 0 atom stereocenters. The molecule has 0 aliphatic carbocycles. The Labute approximate surface area is 168 Å². The summed E-state index contributed by atoms with van der Waals surface area (Å²) in [4.78, 5) is 39.2. The maximum atomic E-state index is 12.3. The summed E-state index contributed by atoms with van der Waals surface area (Å²) in [5.41, 5.74) is 1.77. The highest BCUT2D eigenvalue weighted by Gasteiger charge is 2.29. The number of carbonyl (C=O) groups excluding carboxylic acids is 3. The first-order valence-corrected chi connectivity index (χ1v) is 10.3. The summed E-state index contributed by atoms with van der Waals surface area (Å²) < 4.78 is 5.20. The Morgan fingerprint density at radius 3 is 2.57 bits per heavy atom. The van der Waals surface area contributed by atoms with Crippen LogP contribution >= 0.6 is 11.3 Å². The van der Waals surface area contributed by atoms with Crippen molar-refractivity contribution in [2.45, 2.75) is 26.2 Å². The third kappa shape index (κ3) is 4.98. The number of nitrogens with one attached hydrogen (secondary N) is 1. The van der Waals surface area contributed by atoms with Gasteiger partial charge in [-0.05, 0) is 42.3 Å². The number of para-hydroxylation sites is 1. The van der Waals surface area contributed by atoms with Gasteiger partial charge in [-0.25, -0.2) is 0 Å². The minimum absolute atomic E-state index is 0.00999. The fraction of sp³-hybridized carbons (Fsp3) is 0.381. The van der Waals surface area contributed by atoms with Crippen molar-refractivity contribution in [3.8, 4) is 0 Å². The van der Waals surface area contributed by atoms with Crippen LogP contribution in [-0.4, -0.2) is 42.4 Å². The van der Waals surface area contributed by atoms with Crippen LogP contribution in [0.5, 0.6) is 0 Å². The lowest BCUT2D eigenvalue weighted by Crippen LogP contribution is -2.40. The van der Waals surface area contributed by atoms with Crippen LogP contribution in [0.1, 0.15) is 35.0 Å². The second-order valence-corrected chi connectivity index (χ2v) is 7.66. The molecule has 1 aliphatic heterocycles. The van der Waals surface area contributed by atoms with Gasteiger partial charge in [-0.15, -0.1) is 11.3 Å². The van der Waals surface area contributed by atoms with Gasteiger partial charge in [0.2, 0.25) is 0 Å². The Morgan fingerprint density at radius 1 is 1.14 bits per heavy atom. The zero-order valence-corrected chi connectivity index (χ0v) is 16.7. The van der Waals surface area contributed by atoms with Crippen LogP contribution in [0.25, 0.3) is 0 Å². The molecule has 2 amide bonds. The Kier molecular flexibility index (Phi) is 6.81. The maximum Gasteiger partial charge on any atom is 0.309 e. The minimum atomic E-state index is -0.373. The smallest absolute Gasteiger partial charge is 0.309 e.